The molecule has 14 N–H and O–H groups in total. The number of imidazole rings is 1. The molecule has 21 nitrogen and oxygen atoms in total. The van der Waals surface area contributed by atoms with Gasteiger partial charge in [-0.1, -0.05) is 0 Å². The number of hydrogen-bond acceptors (Lipinski definition) is 13. The fourth-order valence-electron chi connectivity index (χ4n) is 2.62. The summed E-state index contributed by atoms with van der Waals surface area (Å²) in [6.45, 7) is -0.956. The molecule has 1 aliphatic heterocycles. The molecule has 0 amide bonds. The average molecular weight is 609 g/mol. The Balaban J connectivity index is -0.000000519. The fourth-order valence-corrected chi connectivity index (χ4v) is 5.65. The molecule has 2 aromatic rings. The molecule has 0 spiro atoms. The van der Waals surface area contributed by atoms with E-state index < -0.39 is 54.6 Å². The minimum atomic E-state index is -5.70. The number of hydrogen-bond donors (Lipinski definition) is 7. The van der Waals surface area contributed by atoms with Gasteiger partial charge in [0, 0.05) is 0 Å². The average Bonchev–Trinajstić information content (AvgIpc) is 3.13. The first-order valence-electron chi connectivity index (χ1n) is 7.92. The van der Waals surface area contributed by atoms with Gasteiger partial charge in [0.25, 0.3) is 0 Å². The van der Waals surface area contributed by atoms with Crippen molar-refractivity contribution in [3.63, 3.8) is 0 Å². The zero-order chi connectivity index (χ0) is 23.2. The van der Waals surface area contributed by atoms with Crippen LogP contribution in [0.3, 0.4) is 0 Å². The minimum absolute atomic E-state index is 0. The van der Waals surface area contributed by atoms with E-state index >= 15 is 0 Å². The Bertz CT molecular complexity index is 1130. The molecule has 26 heteroatoms. The molecule has 2 aromatic heterocycles. The standard InChI is InChI=1S/C10H16N5O13P3.2Na.3H2O.2H/c11-8-5-9(13-2-12-8)15(3-14-5)10-7(17)6(16)4(26-10)1-25-30(21,22)28-31(23,24)27-29(18,19)20;;;;;;;/h2-4,6-7,10,16-17H,1H2,(H,21,22)(H,23,24)(H2,11,12,13)(H2,18,19,20);;;3*1H2;;/q;2*+1;;;;2*-1/t4-,6-,7-,10-;;;;;;;/m1......./s1. The van der Waals surface area contributed by atoms with Gasteiger partial charge in [-0.15, -0.1) is 0 Å². The van der Waals surface area contributed by atoms with Gasteiger partial charge in [0.2, 0.25) is 0 Å². The summed E-state index contributed by atoms with van der Waals surface area (Å²) in [5, 5.41) is 20.4. The number of aliphatic hydroxyl groups excluding tert-OH is 2. The number of phosphoric acid groups is 3. The number of nitrogens with two attached hydrogens (primary N) is 1. The van der Waals surface area contributed by atoms with Gasteiger partial charge in [0.15, 0.2) is 17.7 Å². The summed E-state index contributed by atoms with van der Waals surface area (Å²) in [4.78, 5) is 47.2. The van der Waals surface area contributed by atoms with Crippen molar-refractivity contribution in [2.75, 3.05) is 12.3 Å². The number of rotatable bonds is 8. The van der Waals surface area contributed by atoms with Gasteiger partial charge in [-0.05, 0) is 0 Å². The second-order valence-corrected chi connectivity index (χ2v) is 10.4. The summed E-state index contributed by atoms with van der Waals surface area (Å²) in [5.74, 6) is 0.0426. The Hall–Kier alpha value is 0.520. The van der Waals surface area contributed by atoms with Crippen LogP contribution in [0.25, 0.3) is 11.2 Å². The molecule has 202 valence electrons. The summed E-state index contributed by atoms with van der Waals surface area (Å²) in [7, 11) is -16.7. The Morgan fingerprint density at radius 2 is 1.56 bits per heavy atom. The van der Waals surface area contributed by atoms with Gasteiger partial charge in [0.1, 0.15) is 30.2 Å². The van der Waals surface area contributed by atoms with Gasteiger partial charge >= 0.3 is 82.6 Å². The number of anilines is 1. The summed E-state index contributed by atoms with van der Waals surface area (Å²) in [6.07, 6.45) is -3.69. The van der Waals surface area contributed by atoms with Crippen LogP contribution >= 0.6 is 23.5 Å². The van der Waals surface area contributed by atoms with E-state index in [0.29, 0.717) is 0 Å². The molecule has 0 radical (unpaired) electrons. The van der Waals surface area contributed by atoms with Crippen LogP contribution < -0.4 is 64.8 Å². The van der Waals surface area contributed by atoms with E-state index in [-0.39, 0.29) is 95.4 Å². The molecule has 0 aromatic carbocycles. The molecular weight excluding hydrogens is 585 g/mol. The summed E-state index contributed by atoms with van der Waals surface area (Å²) in [5.41, 5.74) is 6.00. The maximum atomic E-state index is 11.8. The summed E-state index contributed by atoms with van der Waals surface area (Å²) < 4.78 is 51.9. The van der Waals surface area contributed by atoms with Crippen LogP contribution in [0.5, 0.6) is 0 Å². The largest absolute Gasteiger partial charge is 1.00 e. The third-order valence-corrected chi connectivity index (χ3v) is 7.62. The van der Waals surface area contributed by atoms with Gasteiger partial charge in [-0.2, -0.15) is 8.62 Å². The normalized spacial score (nSPS) is 24.5. The smallest absolute Gasteiger partial charge is 1.00 e. The summed E-state index contributed by atoms with van der Waals surface area (Å²) >= 11 is 0. The van der Waals surface area contributed by atoms with Gasteiger partial charge in [-0.3, -0.25) is 9.09 Å². The second-order valence-electron chi connectivity index (χ2n) is 6.02. The van der Waals surface area contributed by atoms with Crippen LogP contribution in [-0.4, -0.2) is 90.7 Å². The molecule has 2 unspecified atom stereocenters. The van der Waals surface area contributed by atoms with E-state index in [4.69, 9.17) is 25.2 Å². The van der Waals surface area contributed by atoms with Crippen molar-refractivity contribution in [3.8, 4) is 0 Å². The Morgan fingerprint density at radius 3 is 2.11 bits per heavy atom. The van der Waals surface area contributed by atoms with E-state index in [0.717, 1.165) is 6.33 Å². The number of nitrogens with zero attached hydrogens (tertiary/aromatic N) is 4. The number of aromatic nitrogens is 4. The van der Waals surface area contributed by atoms with Crippen LogP contribution in [0, 0.1) is 0 Å². The van der Waals surface area contributed by atoms with Crippen LogP contribution in [0.15, 0.2) is 12.7 Å². The first kappa shape index (κ1) is 41.0. The zero-order valence-corrected chi connectivity index (χ0v) is 25.1. The third-order valence-electron chi connectivity index (χ3n) is 3.82. The molecule has 1 aliphatic rings. The van der Waals surface area contributed by atoms with Crippen LogP contribution in [0.2, 0.25) is 0 Å². The first-order valence-corrected chi connectivity index (χ1v) is 12.4. The maximum Gasteiger partial charge on any atom is 1.00 e. The molecule has 1 saturated heterocycles. The Morgan fingerprint density at radius 1 is 0.972 bits per heavy atom. The quantitative estimate of drug-likeness (QED) is 0.108. The second kappa shape index (κ2) is 15.3. The van der Waals surface area contributed by atoms with Crippen molar-refractivity contribution < 1.29 is 140 Å². The van der Waals surface area contributed by atoms with Crippen molar-refractivity contribution in [1.82, 2.24) is 19.5 Å². The minimum Gasteiger partial charge on any atom is -1.00 e. The van der Waals surface area contributed by atoms with Crippen molar-refractivity contribution in [2.45, 2.75) is 24.5 Å². The van der Waals surface area contributed by atoms with Crippen molar-refractivity contribution in [2.24, 2.45) is 0 Å². The molecule has 0 aliphatic carbocycles. The predicted molar refractivity (Wildman–Crippen MR) is 109 cm³/mol. The molecule has 3 rings (SSSR count). The first-order chi connectivity index (χ1) is 14.2. The predicted octanol–water partition coefficient (Wildman–Crippen LogP) is -9.87. The third kappa shape index (κ3) is 10.2. The van der Waals surface area contributed by atoms with E-state index in [1.54, 1.807) is 0 Å². The van der Waals surface area contributed by atoms with Crippen molar-refractivity contribution >= 4 is 40.4 Å². The Labute approximate surface area is 247 Å². The van der Waals surface area contributed by atoms with E-state index in [9.17, 15) is 28.8 Å². The van der Waals surface area contributed by atoms with E-state index in [1.807, 2.05) is 0 Å². The molecule has 0 saturated carbocycles. The molecule has 3 heterocycles. The van der Waals surface area contributed by atoms with Crippen molar-refractivity contribution in [3.05, 3.63) is 12.7 Å². The zero-order valence-electron chi connectivity index (χ0n) is 20.4. The van der Waals surface area contributed by atoms with Gasteiger partial charge in [-0.25, -0.2) is 28.6 Å². The number of fused-ring (bicyclic) bond motifs is 1. The Kier molecular flexibility index (Phi) is 17.5. The SMILES string of the molecule is Nc1ncnc2c1ncn2[C@@H]1O[C@H](COP(=O)(O)OP(=O)(O)OP(=O)(O)O)[C@@H](O)[C@H]1O.O.O.O.[H-].[H-].[Na+].[Na+]. The maximum absolute atomic E-state index is 11.8. The monoisotopic (exact) mass is 609 g/mol. The van der Waals surface area contributed by atoms with Crippen LogP contribution in [0.4, 0.5) is 5.82 Å². The van der Waals surface area contributed by atoms with Gasteiger partial charge in [0.05, 0.1) is 12.9 Å². The molecule has 36 heavy (non-hydrogen) atoms. The molecular formula is C10H24N5Na2O16P3. The fraction of sp³-hybridized carbons (Fsp3) is 0.500. The van der Waals surface area contributed by atoms with E-state index in [2.05, 4.69) is 28.1 Å². The molecule has 1 fully saturated rings. The van der Waals surface area contributed by atoms with Gasteiger partial charge < -0.3 is 59.5 Å². The number of phosphoric ester groups is 1. The molecule has 0 bridgehead atoms. The van der Waals surface area contributed by atoms with Crippen LogP contribution in [-0.2, 0) is 31.6 Å². The number of ether oxygens (including phenoxy) is 1. The number of nitrogen functional groups attached to an aromatic ring is 1. The summed E-state index contributed by atoms with van der Waals surface area (Å²) in [6, 6.07) is 0. The van der Waals surface area contributed by atoms with Crippen molar-refractivity contribution in [1.29, 1.82) is 0 Å². The topological polar surface area (TPSA) is 374 Å². The number of aliphatic hydroxyl groups is 2. The molecule has 6 atom stereocenters. The van der Waals surface area contributed by atoms with E-state index in [1.165, 1.54) is 10.9 Å². The van der Waals surface area contributed by atoms with Crippen LogP contribution in [0.1, 0.15) is 9.08 Å².